The van der Waals surface area contributed by atoms with Crippen molar-refractivity contribution in [3.8, 4) is 5.75 Å². The smallest absolute Gasteiger partial charge is 0.416 e. The zero-order chi connectivity index (χ0) is 25.9. The van der Waals surface area contributed by atoms with Crippen molar-refractivity contribution >= 4 is 11.9 Å². The van der Waals surface area contributed by atoms with E-state index in [-0.39, 0.29) is 5.92 Å². The first-order valence-corrected chi connectivity index (χ1v) is 11.8. The van der Waals surface area contributed by atoms with Crippen molar-refractivity contribution in [2.24, 2.45) is 0 Å². The number of aliphatic carboxylic acids is 1. The van der Waals surface area contributed by atoms with Gasteiger partial charge in [-0.25, -0.2) is 4.79 Å². The number of nitrogens with zero attached hydrogens (tertiary/aromatic N) is 3. The quantitative estimate of drug-likeness (QED) is 0.371. The van der Waals surface area contributed by atoms with Crippen molar-refractivity contribution in [3.63, 3.8) is 0 Å². The molecular weight excluding hydrogens is 475 g/mol. The van der Waals surface area contributed by atoms with Gasteiger partial charge in [0.25, 0.3) is 5.95 Å². The van der Waals surface area contributed by atoms with Crippen LogP contribution in [0.15, 0.2) is 53.1 Å². The van der Waals surface area contributed by atoms with Crippen LogP contribution in [0.2, 0.25) is 0 Å². The second-order valence-electron chi connectivity index (χ2n) is 9.49. The molecule has 1 heterocycles. The molecule has 0 atom stereocenters. The highest BCUT2D eigenvalue weighted by Crippen LogP contribution is 2.36. The van der Waals surface area contributed by atoms with E-state index in [2.05, 4.69) is 10.1 Å². The van der Waals surface area contributed by atoms with Gasteiger partial charge in [0.2, 0.25) is 5.89 Å². The highest BCUT2D eigenvalue weighted by molar-refractivity contribution is 5.76. The fourth-order valence-electron chi connectivity index (χ4n) is 3.77. The average Bonchev–Trinajstić information content (AvgIpc) is 3.25. The summed E-state index contributed by atoms with van der Waals surface area (Å²) in [5.41, 5.74) is -0.386. The third-order valence-electron chi connectivity index (χ3n) is 6.30. The lowest BCUT2D eigenvalue weighted by Crippen LogP contribution is -2.37. The van der Waals surface area contributed by atoms with Gasteiger partial charge in [-0.3, -0.25) is 0 Å². The van der Waals surface area contributed by atoms with Gasteiger partial charge in [-0.15, -0.1) is 0 Å². The lowest BCUT2D eigenvalue weighted by Gasteiger charge is -2.23. The van der Waals surface area contributed by atoms with Crippen LogP contribution in [0, 0.1) is 0 Å². The lowest BCUT2D eigenvalue weighted by molar-refractivity contribution is -0.152. The van der Waals surface area contributed by atoms with Gasteiger partial charge < -0.3 is 19.3 Å². The molecule has 0 saturated heterocycles. The van der Waals surface area contributed by atoms with E-state index in [1.807, 2.05) is 17.0 Å². The number of rotatable bonds is 10. The number of halogens is 3. The molecule has 10 heteroatoms. The highest BCUT2D eigenvalue weighted by atomic mass is 19.4. The van der Waals surface area contributed by atoms with Gasteiger partial charge in [0.1, 0.15) is 5.75 Å². The van der Waals surface area contributed by atoms with Crippen LogP contribution in [0.4, 0.5) is 19.1 Å². The molecule has 0 unspecified atom stereocenters. The summed E-state index contributed by atoms with van der Waals surface area (Å²) in [6.45, 7) is 3.76. The summed E-state index contributed by atoms with van der Waals surface area (Å²) in [6.07, 6.45) is -0.655. The Bertz CT molecular complexity index is 1170. The Kier molecular flexibility index (Phi) is 7.23. The van der Waals surface area contributed by atoms with Crippen LogP contribution in [0.25, 0.3) is 0 Å². The summed E-state index contributed by atoms with van der Waals surface area (Å²) >= 11 is 0. The SMILES string of the molecule is CC(C)(Oc1ccc(CCN(Cc2ccc(C(F)(F)F)cc2)c2noc(C3CCC3)n2)cc1)C(=O)O. The van der Waals surface area contributed by atoms with E-state index in [4.69, 9.17) is 9.26 Å². The van der Waals surface area contributed by atoms with Crippen LogP contribution < -0.4 is 9.64 Å². The van der Waals surface area contributed by atoms with E-state index in [9.17, 15) is 23.1 Å². The average molecular weight is 504 g/mol. The first-order valence-electron chi connectivity index (χ1n) is 11.8. The van der Waals surface area contributed by atoms with Gasteiger partial charge >= 0.3 is 12.1 Å². The fraction of sp³-hybridized carbons (Fsp3) is 0.423. The fourth-order valence-corrected chi connectivity index (χ4v) is 3.77. The van der Waals surface area contributed by atoms with Crippen molar-refractivity contribution in [3.05, 3.63) is 71.1 Å². The Hall–Kier alpha value is -3.56. The summed E-state index contributed by atoms with van der Waals surface area (Å²) < 4.78 is 49.9. The molecular formula is C26H28F3N3O4. The summed E-state index contributed by atoms with van der Waals surface area (Å²) in [7, 11) is 0. The van der Waals surface area contributed by atoms with Crippen molar-refractivity contribution in [2.75, 3.05) is 11.4 Å². The minimum Gasteiger partial charge on any atom is -0.478 e. The van der Waals surface area contributed by atoms with Crippen LogP contribution in [-0.2, 0) is 23.9 Å². The number of anilines is 1. The number of carbonyl (C=O) groups is 1. The van der Waals surface area contributed by atoms with E-state index < -0.39 is 23.3 Å². The molecule has 0 bridgehead atoms. The third-order valence-corrected chi connectivity index (χ3v) is 6.30. The van der Waals surface area contributed by atoms with Gasteiger partial charge in [0.05, 0.1) is 5.56 Å². The van der Waals surface area contributed by atoms with Crippen molar-refractivity contribution in [1.29, 1.82) is 0 Å². The summed E-state index contributed by atoms with van der Waals surface area (Å²) in [4.78, 5) is 17.7. The second kappa shape index (κ2) is 10.2. The van der Waals surface area contributed by atoms with E-state index in [0.717, 1.165) is 37.0 Å². The molecule has 1 aliphatic carbocycles. The first-order chi connectivity index (χ1) is 17.0. The molecule has 1 N–H and O–H groups in total. The van der Waals surface area contributed by atoms with E-state index >= 15 is 0 Å². The van der Waals surface area contributed by atoms with E-state index in [0.29, 0.717) is 42.7 Å². The first kappa shape index (κ1) is 25.5. The summed E-state index contributed by atoms with van der Waals surface area (Å²) in [5.74, 6) is 0.640. The Morgan fingerprint density at radius 2 is 1.72 bits per heavy atom. The Morgan fingerprint density at radius 1 is 1.08 bits per heavy atom. The highest BCUT2D eigenvalue weighted by Gasteiger charge is 2.31. The number of benzene rings is 2. The minimum atomic E-state index is -4.39. The largest absolute Gasteiger partial charge is 0.478 e. The van der Waals surface area contributed by atoms with Crippen LogP contribution in [0.1, 0.15) is 61.6 Å². The van der Waals surface area contributed by atoms with Crippen LogP contribution in [0.5, 0.6) is 5.75 Å². The topological polar surface area (TPSA) is 88.7 Å². The standard InChI is InChI=1S/C26H28F3N3O4/c1-25(2,23(33)34)35-21-12-8-17(9-13-21)14-15-32(24-30-22(36-31-24)19-4-3-5-19)16-18-6-10-20(11-7-18)26(27,28)29/h6-13,19H,3-5,14-16H2,1-2H3,(H,33,34). The molecule has 36 heavy (non-hydrogen) atoms. The number of hydrogen-bond donors (Lipinski definition) is 1. The van der Waals surface area contributed by atoms with Crippen molar-refractivity contribution < 1.29 is 32.3 Å². The number of carboxylic acid groups (broad SMARTS) is 1. The monoisotopic (exact) mass is 503 g/mol. The maximum Gasteiger partial charge on any atom is 0.416 e. The molecule has 192 valence electrons. The number of carboxylic acids is 1. The molecule has 0 radical (unpaired) electrons. The molecule has 4 rings (SSSR count). The Labute approximate surface area is 206 Å². The molecule has 3 aromatic rings. The number of aromatic nitrogens is 2. The molecule has 1 aromatic heterocycles. The maximum absolute atomic E-state index is 13.0. The van der Waals surface area contributed by atoms with Crippen molar-refractivity contribution in [2.45, 2.75) is 63.8 Å². The number of ether oxygens (including phenoxy) is 1. The molecule has 1 aliphatic rings. The lowest BCUT2D eigenvalue weighted by atomic mass is 9.85. The normalized spacial score (nSPS) is 14.4. The molecule has 0 amide bonds. The molecule has 7 nitrogen and oxygen atoms in total. The second-order valence-corrected chi connectivity index (χ2v) is 9.49. The molecule has 0 spiro atoms. The van der Waals surface area contributed by atoms with Crippen LogP contribution in [-0.4, -0.2) is 33.4 Å². The van der Waals surface area contributed by atoms with E-state index in [1.165, 1.54) is 26.0 Å². The summed E-state index contributed by atoms with van der Waals surface area (Å²) in [5, 5.41) is 13.4. The predicted octanol–water partition coefficient (Wildman–Crippen LogP) is 5.85. The van der Waals surface area contributed by atoms with E-state index in [1.54, 1.807) is 12.1 Å². The van der Waals surface area contributed by atoms with Crippen molar-refractivity contribution in [1.82, 2.24) is 10.1 Å². The molecule has 1 saturated carbocycles. The minimum absolute atomic E-state index is 0.266. The Balaban J connectivity index is 1.47. The van der Waals surface area contributed by atoms with Crippen LogP contribution >= 0.6 is 0 Å². The summed E-state index contributed by atoms with van der Waals surface area (Å²) in [6, 6.07) is 12.2. The molecule has 0 aliphatic heterocycles. The zero-order valence-corrected chi connectivity index (χ0v) is 20.1. The predicted molar refractivity (Wildman–Crippen MR) is 126 cm³/mol. The maximum atomic E-state index is 13.0. The molecule has 1 fully saturated rings. The zero-order valence-electron chi connectivity index (χ0n) is 20.1. The molecule has 2 aromatic carbocycles. The number of alkyl halides is 3. The van der Waals surface area contributed by atoms with Crippen LogP contribution in [0.3, 0.4) is 0 Å². The van der Waals surface area contributed by atoms with Gasteiger partial charge in [0, 0.05) is 19.0 Å². The Morgan fingerprint density at radius 3 is 2.28 bits per heavy atom. The number of hydrogen-bond acceptors (Lipinski definition) is 6. The van der Waals surface area contributed by atoms with Gasteiger partial charge in [-0.2, -0.15) is 18.2 Å². The van der Waals surface area contributed by atoms with Gasteiger partial charge in [-0.05, 0) is 73.7 Å². The van der Waals surface area contributed by atoms with Gasteiger partial charge in [-0.1, -0.05) is 30.7 Å². The van der Waals surface area contributed by atoms with Gasteiger partial charge in [0.15, 0.2) is 5.60 Å². The third kappa shape index (κ3) is 6.16.